The van der Waals surface area contributed by atoms with E-state index in [1.54, 1.807) is 0 Å². The number of aromatic nitrogens is 2. The maximum absolute atomic E-state index is 5.29. The molecule has 0 aliphatic heterocycles. The first-order chi connectivity index (χ1) is 7.30. The number of hydrogen-bond donors (Lipinski definition) is 1. The van der Waals surface area contributed by atoms with Gasteiger partial charge in [-0.3, -0.25) is 4.68 Å². The van der Waals surface area contributed by atoms with Gasteiger partial charge in [0.25, 0.3) is 0 Å². The van der Waals surface area contributed by atoms with Crippen LogP contribution in [0.3, 0.4) is 0 Å². The van der Waals surface area contributed by atoms with E-state index in [0.29, 0.717) is 6.04 Å². The molecule has 0 aliphatic rings. The molecule has 0 fully saturated rings. The van der Waals surface area contributed by atoms with Crippen LogP contribution in [0.1, 0.15) is 32.3 Å². The third kappa shape index (κ3) is 3.77. The van der Waals surface area contributed by atoms with Crippen LogP contribution in [-0.2, 0) is 13.1 Å². The summed E-state index contributed by atoms with van der Waals surface area (Å²) in [5.41, 5.74) is 1.22. The van der Waals surface area contributed by atoms with E-state index in [1.807, 2.05) is 10.9 Å². The van der Waals surface area contributed by atoms with Gasteiger partial charge >= 0.3 is 0 Å². The van der Waals surface area contributed by atoms with Crippen LogP contribution < -0.4 is 5.32 Å². The van der Waals surface area contributed by atoms with Gasteiger partial charge in [-0.05, 0) is 13.3 Å². The minimum Gasteiger partial charge on any atom is -0.309 e. The molecule has 0 radical (unpaired) electrons. The fourth-order valence-corrected chi connectivity index (χ4v) is 1.44. The summed E-state index contributed by atoms with van der Waals surface area (Å²) in [6.07, 6.45) is 11.1. The number of nitrogens with one attached hydrogen (secondary N) is 1. The van der Waals surface area contributed by atoms with Crippen LogP contribution in [0.15, 0.2) is 12.4 Å². The van der Waals surface area contributed by atoms with Crippen molar-refractivity contribution in [1.29, 1.82) is 0 Å². The van der Waals surface area contributed by atoms with Crippen molar-refractivity contribution in [3.05, 3.63) is 18.0 Å². The van der Waals surface area contributed by atoms with Gasteiger partial charge in [0, 0.05) is 37.3 Å². The van der Waals surface area contributed by atoms with E-state index in [-0.39, 0.29) is 0 Å². The zero-order valence-electron chi connectivity index (χ0n) is 9.53. The number of nitrogens with zero attached hydrogens (tertiary/aromatic N) is 2. The van der Waals surface area contributed by atoms with Gasteiger partial charge in [-0.25, -0.2) is 0 Å². The van der Waals surface area contributed by atoms with Crippen LogP contribution in [-0.4, -0.2) is 15.8 Å². The molecule has 0 spiro atoms. The summed E-state index contributed by atoms with van der Waals surface area (Å²) < 4.78 is 1.93. The minimum absolute atomic E-state index is 0.417. The monoisotopic (exact) mass is 205 g/mol. The van der Waals surface area contributed by atoms with E-state index in [1.165, 1.54) is 5.56 Å². The standard InChI is InChI=1S/C12H19N3/c1-4-7-12(5-2)13-8-11-9-14-15(6-3)10-11/h1,9-10,12-13H,5-8H2,2-3H3. The second-order valence-electron chi connectivity index (χ2n) is 3.60. The predicted octanol–water partition coefficient (Wildman–Crippen LogP) is 1.79. The number of rotatable bonds is 6. The smallest absolute Gasteiger partial charge is 0.0534 e. The molecule has 1 N–H and O–H groups in total. The third-order valence-corrected chi connectivity index (χ3v) is 2.46. The fourth-order valence-electron chi connectivity index (χ4n) is 1.44. The Hall–Kier alpha value is -1.27. The second-order valence-corrected chi connectivity index (χ2v) is 3.60. The highest BCUT2D eigenvalue weighted by Crippen LogP contribution is 2.01. The first-order valence-electron chi connectivity index (χ1n) is 5.48. The molecule has 0 amide bonds. The normalized spacial score (nSPS) is 12.3. The quantitative estimate of drug-likeness (QED) is 0.718. The van der Waals surface area contributed by atoms with Gasteiger partial charge in [-0.1, -0.05) is 6.92 Å². The molecule has 1 aromatic heterocycles. The highest BCUT2D eigenvalue weighted by atomic mass is 15.3. The molecule has 1 rings (SSSR count). The highest BCUT2D eigenvalue weighted by molar-refractivity contribution is 5.03. The summed E-state index contributed by atoms with van der Waals surface area (Å²) in [6, 6.07) is 0.417. The van der Waals surface area contributed by atoms with Gasteiger partial charge in [0.1, 0.15) is 0 Å². The number of terminal acetylenes is 1. The molecule has 0 aliphatic carbocycles. The van der Waals surface area contributed by atoms with Gasteiger partial charge in [0.2, 0.25) is 0 Å². The number of aryl methyl sites for hydroxylation is 1. The number of hydrogen-bond acceptors (Lipinski definition) is 2. The van der Waals surface area contributed by atoms with Crippen molar-refractivity contribution in [2.75, 3.05) is 0 Å². The maximum atomic E-state index is 5.29. The molecule has 0 bridgehead atoms. The van der Waals surface area contributed by atoms with E-state index >= 15 is 0 Å². The van der Waals surface area contributed by atoms with Crippen LogP contribution in [0.5, 0.6) is 0 Å². The first-order valence-corrected chi connectivity index (χ1v) is 5.48. The summed E-state index contributed by atoms with van der Waals surface area (Å²) in [7, 11) is 0. The van der Waals surface area contributed by atoms with Gasteiger partial charge in [-0.15, -0.1) is 12.3 Å². The molecule has 3 nitrogen and oxygen atoms in total. The summed E-state index contributed by atoms with van der Waals surface area (Å²) >= 11 is 0. The molecular weight excluding hydrogens is 186 g/mol. The average molecular weight is 205 g/mol. The SMILES string of the molecule is C#CCC(CC)NCc1cnn(CC)c1. The topological polar surface area (TPSA) is 29.9 Å². The molecular formula is C12H19N3. The summed E-state index contributed by atoms with van der Waals surface area (Å²) in [4.78, 5) is 0. The molecule has 1 aromatic rings. The van der Waals surface area contributed by atoms with E-state index in [0.717, 1.165) is 25.9 Å². The third-order valence-electron chi connectivity index (χ3n) is 2.46. The maximum Gasteiger partial charge on any atom is 0.0534 e. The molecule has 1 heterocycles. The molecule has 15 heavy (non-hydrogen) atoms. The lowest BCUT2D eigenvalue weighted by Crippen LogP contribution is -2.27. The van der Waals surface area contributed by atoms with Crippen molar-refractivity contribution in [3.8, 4) is 12.3 Å². The lowest BCUT2D eigenvalue weighted by atomic mass is 10.1. The van der Waals surface area contributed by atoms with Crippen LogP contribution in [0.25, 0.3) is 0 Å². The second kappa shape index (κ2) is 6.26. The Morgan fingerprint density at radius 3 is 2.93 bits per heavy atom. The van der Waals surface area contributed by atoms with Gasteiger partial charge in [0.15, 0.2) is 0 Å². The van der Waals surface area contributed by atoms with Crippen LogP contribution in [0, 0.1) is 12.3 Å². The minimum atomic E-state index is 0.417. The van der Waals surface area contributed by atoms with Gasteiger partial charge < -0.3 is 5.32 Å². The molecule has 0 saturated carbocycles. The summed E-state index contributed by atoms with van der Waals surface area (Å²) in [5.74, 6) is 2.69. The Morgan fingerprint density at radius 2 is 2.40 bits per heavy atom. The van der Waals surface area contributed by atoms with Crippen LogP contribution >= 0.6 is 0 Å². The van der Waals surface area contributed by atoms with Crippen molar-refractivity contribution < 1.29 is 0 Å². The molecule has 82 valence electrons. The van der Waals surface area contributed by atoms with Crippen molar-refractivity contribution in [1.82, 2.24) is 15.1 Å². The molecule has 0 aromatic carbocycles. The van der Waals surface area contributed by atoms with Crippen LogP contribution in [0.4, 0.5) is 0 Å². The first kappa shape index (κ1) is 11.8. The predicted molar refractivity (Wildman–Crippen MR) is 62.3 cm³/mol. The van der Waals surface area contributed by atoms with Crippen molar-refractivity contribution in [2.45, 2.75) is 45.8 Å². The largest absolute Gasteiger partial charge is 0.309 e. The molecule has 1 unspecified atom stereocenters. The Morgan fingerprint density at radius 1 is 1.60 bits per heavy atom. The zero-order valence-corrected chi connectivity index (χ0v) is 9.53. The van der Waals surface area contributed by atoms with Gasteiger partial charge in [0.05, 0.1) is 6.20 Å². The molecule has 3 heteroatoms. The van der Waals surface area contributed by atoms with Crippen molar-refractivity contribution >= 4 is 0 Å². The molecule has 1 atom stereocenters. The Labute approximate surface area is 91.9 Å². The van der Waals surface area contributed by atoms with Gasteiger partial charge in [-0.2, -0.15) is 5.10 Å². The average Bonchev–Trinajstić information content (AvgIpc) is 2.72. The lowest BCUT2D eigenvalue weighted by molar-refractivity contribution is 0.506. The Balaban J connectivity index is 2.38. The zero-order chi connectivity index (χ0) is 11.1. The van der Waals surface area contributed by atoms with E-state index in [2.05, 4.69) is 36.4 Å². The Kier molecular flexibility index (Phi) is 4.92. The lowest BCUT2D eigenvalue weighted by Gasteiger charge is -2.12. The van der Waals surface area contributed by atoms with E-state index in [9.17, 15) is 0 Å². The summed E-state index contributed by atoms with van der Waals surface area (Å²) in [6.45, 7) is 5.99. The Bertz CT molecular complexity index is 322. The fraction of sp³-hybridized carbons (Fsp3) is 0.583. The highest BCUT2D eigenvalue weighted by Gasteiger charge is 2.04. The van der Waals surface area contributed by atoms with Crippen LogP contribution in [0.2, 0.25) is 0 Å². The van der Waals surface area contributed by atoms with Crippen molar-refractivity contribution in [2.24, 2.45) is 0 Å². The van der Waals surface area contributed by atoms with E-state index in [4.69, 9.17) is 6.42 Å². The van der Waals surface area contributed by atoms with E-state index < -0.39 is 0 Å². The van der Waals surface area contributed by atoms with Crippen molar-refractivity contribution in [3.63, 3.8) is 0 Å². The molecule has 0 saturated heterocycles. The summed E-state index contributed by atoms with van der Waals surface area (Å²) in [5, 5.41) is 7.65.